The quantitative estimate of drug-likeness (QED) is 0.756. The maximum Gasteiger partial charge on any atom is 0.264 e. The normalized spacial score (nSPS) is 16.1. The molecule has 1 heterocycles. The Morgan fingerprint density at radius 1 is 1.53 bits per heavy atom. The molecule has 4 nitrogen and oxygen atoms in total. The summed E-state index contributed by atoms with van der Waals surface area (Å²) in [6.45, 7) is 4.91. The molecule has 1 aliphatic heterocycles. The van der Waals surface area contributed by atoms with E-state index in [9.17, 15) is 8.42 Å². The zero-order valence-electron chi connectivity index (χ0n) is 8.86. The van der Waals surface area contributed by atoms with Gasteiger partial charge in [0.05, 0.1) is 5.75 Å². The average Bonchev–Trinajstić information content (AvgIpc) is 2.46. The molecule has 6 heteroatoms. The van der Waals surface area contributed by atoms with Crippen LogP contribution >= 0.6 is 11.2 Å². The Morgan fingerprint density at radius 3 is 2.67 bits per heavy atom. The monoisotopic (exact) mass is 249 g/mol. The lowest BCUT2D eigenvalue weighted by Gasteiger charge is -2.12. The van der Waals surface area contributed by atoms with E-state index in [1.807, 2.05) is 18.7 Å². The lowest BCUT2D eigenvalue weighted by atomic mass is 10.2. The molecule has 0 spiro atoms. The molecule has 0 aromatic rings. The van der Waals surface area contributed by atoms with Gasteiger partial charge in [-0.15, -0.1) is 0 Å². The smallest absolute Gasteiger partial charge is 0.264 e. The van der Waals surface area contributed by atoms with Crippen LogP contribution in [0.25, 0.3) is 0 Å². The van der Waals surface area contributed by atoms with Gasteiger partial charge in [-0.2, -0.15) is 8.42 Å². The van der Waals surface area contributed by atoms with E-state index in [0.717, 1.165) is 17.1 Å². The predicted molar refractivity (Wildman–Crippen MR) is 62.2 cm³/mol. The first-order valence-electron chi connectivity index (χ1n) is 4.79. The lowest BCUT2D eigenvalue weighted by molar-refractivity contribution is 0.481. The van der Waals surface area contributed by atoms with E-state index in [-0.39, 0.29) is 5.75 Å². The Labute approximate surface area is 94.3 Å². The zero-order chi connectivity index (χ0) is 11.5. The molecule has 15 heavy (non-hydrogen) atoms. The van der Waals surface area contributed by atoms with Gasteiger partial charge in [-0.05, 0) is 26.7 Å². The van der Waals surface area contributed by atoms with Crippen molar-refractivity contribution in [2.24, 2.45) is 0 Å². The molecule has 1 N–H and O–H groups in total. The maximum absolute atomic E-state index is 10.5. The number of rotatable bonds is 5. The minimum absolute atomic E-state index is 0.170. The minimum Gasteiger partial charge on any atom is -0.303 e. The zero-order valence-corrected chi connectivity index (χ0v) is 10.5. The SMILES string of the molecule is CCN1C#SC(CCCS(=O)(=O)O)=C1C. The summed E-state index contributed by atoms with van der Waals surface area (Å²) in [4.78, 5) is 3.15. The van der Waals surface area contributed by atoms with Crippen molar-refractivity contribution in [3.8, 4) is 5.31 Å². The van der Waals surface area contributed by atoms with Gasteiger partial charge in [0.1, 0.15) is 0 Å². The van der Waals surface area contributed by atoms with Gasteiger partial charge in [0.15, 0.2) is 0 Å². The minimum atomic E-state index is -3.82. The fourth-order valence-electron chi connectivity index (χ4n) is 1.35. The van der Waals surface area contributed by atoms with Crippen molar-refractivity contribution in [2.75, 3.05) is 12.3 Å². The van der Waals surface area contributed by atoms with E-state index >= 15 is 0 Å². The average molecular weight is 249 g/mol. The van der Waals surface area contributed by atoms with Crippen LogP contribution in [0.2, 0.25) is 0 Å². The summed E-state index contributed by atoms with van der Waals surface area (Å²) >= 11 is 1.51. The van der Waals surface area contributed by atoms with Gasteiger partial charge in [0.2, 0.25) is 0 Å². The van der Waals surface area contributed by atoms with Crippen LogP contribution < -0.4 is 0 Å². The second-order valence-corrected chi connectivity index (χ2v) is 5.79. The van der Waals surface area contributed by atoms with Crippen LogP contribution in [0.15, 0.2) is 10.6 Å². The Balaban J connectivity index is 2.49. The highest BCUT2D eigenvalue weighted by atomic mass is 32.2. The van der Waals surface area contributed by atoms with Crippen LogP contribution in [0.3, 0.4) is 0 Å². The van der Waals surface area contributed by atoms with E-state index in [2.05, 4.69) is 5.31 Å². The summed E-state index contributed by atoms with van der Waals surface area (Å²) in [6, 6.07) is 0. The second-order valence-electron chi connectivity index (χ2n) is 3.34. The molecule has 86 valence electrons. The Kier molecular flexibility index (Phi) is 4.16. The van der Waals surface area contributed by atoms with Crippen molar-refractivity contribution in [1.82, 2.24) is 4.90 Å². The number of nitrogens with zero attached hydrogens (tertiary/aromatic N) is 1. The van der Waals surface area contributed by atoms with E-state index in [4.69, 9.17) is 4.55 Å². The second kappa shape index (κ2) is 4.99. The Hall–Kier alpha value is -0.550. The molecule has 0 aromatic heterocycles. The summed E-state index contributed by atoms with van der Waals surface area (Å²) in [5, 5.41) is 3.12. The van der Waals surface area contributed by atoms with E-state index in [0.29, 0.717) is 12.8 Å². The summed E-state index contributed by atoms with van der Waals surface area (Å²) in [5.41, 5.74) is 1.14. The molecular formula is C9H15NO3S2. The van der Waals surface area contributed by atoms with Crippen molar-refractivity contribution < 1.29 is 13.0 Å². The third-order valence-electron chi connectivity index (χ3n) is 2.21. The highest BCUT2D eigenvalue weighted by Gasteiger charge is 2.12. The van der Waals surface area contributed by atoms with E-state index in [1.165, 1.54) is 11.2 Å². The van der Waals surface area contributed by atoms with Gasteiger partial charge in [0, 0.05) is 22.5 Å². The molecule has 0 radical (unpaired) electrons. The van der Waals surface area contributed by atoms with Crippen molar-refractivity contribution in [3.63, 3.8) is 0 Å². The third-order valence-corrected chi connectivity index (χ3v) is 4.07. The predicted octanol–water partition coefficient (Wildman–Crippen LogP) is 1.87. The van der Waals surface area contributed by atoms with Gasteiger partial charge >= 0.3 is 0 Å². The topological polar surface area (TPSA) is 57.6 Å². The largest absolute Gasteiger partial charge is 0.303 e. The lowest BCUT2D eigenvalue weighted by Crippen LogP contribution is -2.12. The molecule has 0 aliphatic carbocycles. The molecule has 0 fully saturated rings. The van der Waals surface area contributed by atoms with Gasteiger partial charge in [-0.3, -0.25) is 4.55 Å². The molecule has 0 atom stereocenters. The van der Waals surface area contributed by atoms with Crippen LogP contribution in [0.5, 0.6) is 0 Å². The number of allylic oxidation sites excluding steroid dienone is 2. The van der Waals surface area contributed by atoms with Crippen LogP contribution in [0.4, 0.5) is 0 Å². The highest BCUT2D eigenvalue weighted by molar-refractivity contribution is 7.92. The number of hydrogen-bond acceptors (Lipinski definition) is 3. The van der Waals surface area contributed by atoms with Crippen molar-refractivity contribution in [1.29, 1.82) is 0 Å². The van der Waals surface area contributed by atoms with E-state index < -0.39 is 10.1 Å². The number of hydrogen-bond donors (Lipinski definition) is 1. The molecule has 0 saturated carbocycles. The molecule has 0 amide bonds. The summed E-state index contributed by atoms with van der Waals surface area (Å²) in [5.74, 6) is -0.170. The fraction of sp³-hybridized carbons (Fsp3) is 0.667. The molecule has 1 rings (SSSR count). The first-order chi connectivity index (χ1) is 6.94. The third kappa shape index (κ3) is 3.83. The molecular weight excluding hydrogens is 234 g/mol. The molecule has 0 saturated heterocycles. The molecule has 0 bridgehead atoms. The van der Waals surface area contributed by atoms with E-state index in [1.54, 1.807) is 0 Å². The highest BCUT2D eigenvalue weighted by Crippen LogP contribution is 2.25. The van der Waals surface area contributed by atoms with Crippen molar-refractivity contribution in [3.05, 3.63) is 10.6 Å². The van der Waals surface area contributed by atoms with Crippen LogP contribution in [-0.2, 0) is 10.1 Å². The Morgan fingerprint density at radius 2 is 2.20 bits per heavy atom. The maximum atomic E-state index is 10.5. The standard InChI is InChI=1S/C9H15NO3S2/c1-3-10-7-14-9(8(10)2)5-4-6-15(11,12)13/h3-6H2,1-2H3,(H,11,12,13). The summed E-state index contributed by atoms with van der Waals surface area (Å²) < 4.78 is 29.6. The summed E-state index contributed by atoms with van der Waals surface area (Å²) in [7, 11) is -3.82. The van der Waals surface area contributed by atoms with Crippen LogP contribution in [0, 0.1) is 5.31 Å². The first-order valence-corrected chi connectivity index (χ1v) is 7.21. The fourth-order valence-corrected chi connectivity index (χ4v) is 2.85. The first kappa shape index (κ1) is 12.5. The summed E-state index contributed by atoms with van der Waals surface area (Å²) in [6.07, 6.45) is 1.14. The van der Waals surface area contributed by atoms with Gasteiger partial charge < -0.3 is 4.90 Å². The van der Waals surface area contributed by atoms with Crippen LogP contribution in [0.1, 0.15) is 26.7 Å². The molecule has 0 unspecified atom stereocenters. The molecule has 0 aromatic carbocycles. The van der Waals surface area contributed by atoms with Gasteiger partial charge in [-0.1, -0.05) is 11.2 Å². The molecule has 1 aliphatic rings. The van der Waals surface area contributed by atoms with Crippen molar-refractivity contribution >= 4 is 21.3 Å². The van der Waals surface area contributed by atoms with Crippen LogP contribution in [-0.4, -0.2) is 30.2 Å². The Bertz CT molecular complexity index is 428. The van der Waals surface area contributed by atoms with Gasteiger partial charge in [-0.25, -0.2) is 0 Å². The van der Waals surface area contributed by atoms with Crippen molar-refractivity contribution in [2.45, 2.75) is 26.7 Å². The van der Waals surface area contributed by atoms with Gasteiger partial charge in [0.25, 0.3) is 10.1 Å².